The molecule has 22 heavy (non-hydrogen) atoms. The standard InChI is InChI=1S/C9H14N3O8P.Na.H/c10-6-1-2-12(9(16)11-6)8(15)7(14)5(3-13)20-4-21(17,18)19;;/h1-2,5,7,13-14H,3-4H2,(H2,10,11,16)(H2,17,18,19);;/t5-,7+;;/m0../s1. The van der Waals surface area contributed by atoms with E-state index in [0.717, 1.165) is 12.3 Å². The van der Waals surface area contributed by atoms with Crippen molar-refractivity contribution in [1.29, 1.82) is 0 Å². The maximum absolute atomic E-state index is 11.8. The van der Waals surface area contributed by atoms with Crippen LogP contribution in [0.1, 0.15) is 4.79 Å². The summed E-state index contributed by atoms with van der Waals surface area (Å²) in [7, 11) is -4.54. The van der Waals surface area contributed by atoms with Crippen LogP contribution in [0.5, 0.6) is 0 Å². The van der Waals surface area contributed by atoms with Crippen LogP contribution >= 0.6 is 7.60 Å². The number of ether oxygens (including phenoxy) is 1. The molecule has 1 heterocycles. The van der Waals surface area contributed by atoms with Gasteiger partial charge in [0.05, 0.1) is 6.61 Å². The number of hydrogen-bond acceptors (Lipinski definition) is 8. The molecule has 0 aliphatic rings. The van der Waals surface area contributed by atoms with E-state index in [1.54, 1.807) is 0 Å². The van der Waals surface area contributed by atoms with E-state index in [1.165, 1.54) is 0 Å². The van der Waals surface area contributed by atoms with Gasteiger partial charge in [0.1, 0.15) is 18.3 Å². The van der Waals surface area contributed by atoms with Crippen molar-refractivity contribution >= 4 is 48.9 Å². The van der Waals surface area contributed by atoms with E-state index < -0.39 is 44.4 Å². The number of hydrogen-bond donors (Lipinski definition) is 5. The van der Waals surface area contributed by atoms with Crippen molar-refractivity contribution in [3.8, 4) is 0 Å². The van der Waals surface area contributed by atoms with Crippen molar-refractivity contribution in [2.24, 2.45) is 0 Å². The molecule has 0 radical (unpaired) electrons. The van der Waals surface area contributed by atoms with E-state index in [1.807, 2.05) is 0 Å². The van der Waals surface area contributed by atoms with E-state index in [4.69, 9.17) is 20.6 Å². The van der Waals surface area contributed by atoms with Crippen LogP contribution in [0.2, 0.25) is 0 Å². The summed E-state index contributed by atoms with van der Waals surface area (Å²) in [6.45, 7) is -0.899. The summed E-state index contributed by atoms with van der Waals surface area (Å²) in [6.07, 6.45) is -3.77. The second kappa shape index (κ2) is 8.87. The third-order valence-corrected chi connectivity index (χ3v) is 2.79. The van der Waals surface area contributed by atoms with Crippen LogP contribution in [0.4, 0.5) is 5.82 Å². The Morgan fingerprint density at radius 1 is 1.50 bits per heavy atom. The van der Waals surface area contributed by atoms with Gasteiger partial charge in [-0.1, -0.05) is 0 Å². The van der Waals surface area contributed by atoms with Crippen LogP contribution < -0.4 is 11.4 Å². The van der Waals surface area contributed by atoms with Crippen LogP contribution in [-0.4, -0.2) is 90.2 Å². The minimum atomic E-state index is -4.54. The zero-order valence-corrected chi connectivity index (χ0v) is 11.5. The number of carbonyl (C=O) groups excluding carboxylic acids is 1. The van der Waals surface area contributed by atoms with E-state index in [9.17, 15) is 19.3 Å². The molecule has 0 aliphatic heterocycles. The van der Waals surface area contributed by atoms with Gasteiger partial charge in [-0.05, 0) is 6.07 Å². The van der Waals surface area contributed by atoms with Gasteiger partial charge in [-0.3, -0.25) is 9.36 Å². The zero-order chi connectivity index (χ0) is 16.2. The van der Waals surface area contributed by atoms with Crippen LogP contribution in [0, 0.1) is 0 Å². The predicted octanol–water partition coefficient (Wildman–Crippen LogP) is -3.31. The molecule has 0 aliphatic carbocycles. The Kier molecular flexibility index (Phi) is 8.62. The normalized spacial score (nSPS) is 14.0. The van der Waals surface area contributed by atoms with Gasteiger partial charge < -0.3 is 30.5 Å². The molecule has 2 atom stereocenters. The molecule has 0 amide bonds. The monoisotopic (exact) mass is 347 g/mol. The summed E-state index contributed by atoms with van der Waals surface area (Å²) >= 11 is 0. The van der Waals surface area contributed by atoms with Crippen LogP contribution in [0.15, 0.2) is 17.1 Å². The molecular weight excluding hydrogens is 332 g/mol. The minimum absolute atomic E-state index is 0. The molecule has 0 unspecified atom stereocenters. The summed E-state index contributed by atoms with van der Waals surface area (Å²) in [6, 6.07) is 1.14. The van der Waals surface area contributed by atoms with Gasteiger partial charge in [-0.2, -0.15) is 4.98 Å². The molecule has 11 nitrogen and oxygen atoms in total. The number of anilines is 1. The quantitative estimate of drug-likeness (QED) is 0.258. The first kappa shape index (κ1) is 21.4. The first-order valence-electron chi connectivity index (χ1n) is 5.50. The van der Waals surface area contributed by atoms with E-state index in [0.29, 0.717) is 4.57 Å². The number of carbonyl (C=O) groups is 1. The van der Waals surface area contributed by atoms with E-state index in [2.05, 4.69) is 9.72 Å². The summed E-state index contributed by atoms with van der Waals surface area (Å²) in [5.41, 5.74) is 4.19. The summed E-state index contributed by atoms with van der Waals surface area (Å²) in [5.74, 6) is -1.31. The third kappa shape index (κ3) is 6.24. The molecular formula is C9H15N3NaO8P. The topological polar surface area (TPSA) is 185 Å². The van der Waals surface area contributed by atoms with Crippen molar-refractivity contribution in [3.05, 3.63) is 22.7 Å². The van der Waals surface area contributed by atoms with Gasteiger partial charge >= 0.3 is 42.8 Å². The maximum atomic E-state index is 11.8. The molecule has 1 aromatic rings. The molecule has 0 fully saturated rings. The number of nitrogens with zero attached hydrogens (tertiary/aromatic N) is 2. The summed E-state index contributed by atoms with van der Waals surface area (Å²) < 4.78 is 15.7. The number of aromatic nitrogens is 2. The zero-order valence-electron chi connectivity index (χ0n) is 10.6. The molecule has 1 aromatic heterocycles. The van der Waals surface area contributed by atoms with Gasteiger partial charge in [0.2, 0.25) is 0 Å². The van der Waals surface area contributed by atoms with Crippen molar-refractivity contribution < 1.29 is 34.1 Å². The van der Waals surface area contributed by atoms with Crippen molar-refractivity contribution in [3.63, 3.8) is 0 Å². The Morgan fingerprint density at radius 2 is 2.09 bits per heavy atom. The average Bonchev–Trinajstić information content (AvgIpc) is 2.37. The van der Waals surface area contributed by atoms with Crippen LogP contribution in [-0.2, 0) is 9.30 Å². The Hall–Kier alpha value is -0.620. The van der Waals surface area contributed by atoms with Gasteiger partial charge in [0, 0.05) is 6.20 Å². The van der Waals surface area contributed by atoms with Gasteiger partial charge in [0.25, 0.3) is 5.91 Å². The Morgan fingerprint density at radius 3 is 2.55 bits per heavy atom. The molecule has 6 N–H and O–H groups in total. The first-order valence-corrected chi connectivity index (χ1v) is 7.30. The molecule has 0 spiro atoms. The first-order chi connectivity index (χ1) is 9.65. The SMILES string of the molecule is Nc1ccn(C(=O)[C@H](O)[C@H](CO)OCP(=O)(O)O)c(=O)n1.[NaH]. The molecule has 0 saturated heterocycles. The van der Waals surface area contributed by atoms with Crippen molar-refractivity contribution in [2.45, 2.75) is 12.2 Å². The van der Waals surface area contributed by atoms with Crippen molar-refractivity contribution in [2.75, 3.05) is 18.7 Å². The number of aliphatic hydroxyl groups is 2. The number of nitrogens with two attached hydrogens (primary N) is 1. The third-order valence-electron chi connectivity index (χ3n) is 2.30. The number of aliphatic hydroxyl groups excluding tert-OH is 2. The fourth-order valence-electron chi connectivity index (χ4n) is 1.32. The van der Waals surface area contributed by atoms with Gasteiger partial charge in [-0.25, -0.2) is 9.36 Å². The number of nitrogen functional groups attached to an aromatic ring is 1. The fraction of sp³-hybridized carbons (Fsp3) is 0.444. The van der Waals surface area contributed by atoms with Crippen LogP contribution in [0.3, 0.4) is 0 Å². The van der Waals surface area contributed by atoms with Crippen molar-refractivity contribution in [1.82, 2.24) is 9.55 Å². The van der Waals surface area contributed by atoms with Gasteiger partial charge in [0.15, 0.2) is 6.10 Å². The number of rotatable bonds is 6. The second-order valence-corrected chi connectivity index (χ2v) is 5.56. The fourth-order valence-corrected chi connectivity index (χ4v) is 1.71. The second-order valence-electron chi connectivity index (χ2n) is 3.97. The molecule has 0 aromatic carbocycles. The van der Waals surface area contributed by atoms with Gasteiger partial charge in [-0.15, -0.1) is 0 Å². The van der Waals surface area contributed by atoms with E-state index in [-0.39, 0.29) is 35.4 Å². The van der Waals surface area contributed by atoms with Crippen LogP contribution in [0.25, 0.3) is 0 Å². The molecule has 0 saturated carbocycles. The molecule has 1 rings (SSSR count). The Labute approximate surface area is 146 Å². The van der Waals surface area contributed by atoms with E-state index >= 15 is 0 Å². The molecule has 0 bridgehead atoms. The molecule has 13 heteroatoms. The molecule has 120 valence electrons. The predicted molar refractivity (Wildman–Crippen MR) is 75.6 cm³/mol. The summed E-state index contributed by atoms with van der Waals surface area (Å²) in [4.78, 5) is 43.8. The summed E-state index contributed by atoms with van der Waals surface area (Å²) in [5, 5.41) is 18.7. The average molecular weight is 347 g/mol. The Bertz CT molecular complexity index is 617. The Balaban J connectivity index is 0.00000441.